The van der Waals surface area contributed by atoms with Gasteiger partial charge >= 0.3 is 0 Å². The van der Waals surface area contributed by atoms with E-state index in [1.54, 1.807) is 4.90 Å². The van der Waals surface area contributed by atoms with Crippen LogP contribution in [0.1, 0.15) is 48.2 Å². The number of carbonyl (C=O) groups excluding carboxylic acids is 3. The Bertz CT molecular complexity index is 797. The van der Waals surface area contributed by atoms with E-state index in [2.05, 4.69) is 35.4 Å². The molecule has 3 heterocycles. The van der Waals surface area contributed by atoms with Crippen LogP contribution in [-0.2, 0) is 22.7 Å². The number of rotatable bonds is 3. The highest BCUT2D eigenvalue weighted by atomic mass is 16.2. The van der Waals surface area contributed by atoms with Crippen LogP contribution in [0.4, 0.5) is 0 Å². The van der Waals surface area contributed by atoms with Gasteiger partial charge in [0.2, 0.25) is 11.8 Å². The van der Waals surface area contributed by atoms with Crippen molar-refractivity contribution < 1.29 is 14.4 Å². The molecule has 7 nitrogen and oxygen atoms in total. The number of piperidine rings is 1. The molecule has 3 amide bonds. The van der Waals surface area contributed by atoms with Crippen LogP contribution in [0.25, 0.3) is 0 Å². The highest BCUT2D eigenvalue weighted by Crippen LogP contribution is 2.28. The van der Waals surface area contributed by atoms with Gasteiger partial charge in [-0.1, -0.05) is 19.1 Å². The van der Waals surface area contributed by atoms with Gasteiger partial charge in [-0.05, 0) is 43.0 Å². The molecule has 2 saturated heterocycles. The molecule has 7 heteroatoms. The molecule has 1 aromatic carbocycles. The number of nitrogens with zero attached hydrogens (tertiary/aromatic N) is 2. The fourth-order valence-electron chi connectivity index (χ4n) is 4.55. The molecule has 3 unspecified atom stereocenters. The minimum Gasteiger partial charge on any atom is -0.322 e. The Morgan fingerprint density at radius 2 is 1.96 bits per heavy atom. The third-order valence-electron chi connectivity index (χ3n) is 5.91. The molecule has 1 aromatic rings. The summed E-state index contributed by atoms with van der Waals surface area (Å²) in [5.41, 5.74) is 2.84. The van der Waals surface area contributed by atoms with Gasteiger partial charge in [-0.3, -0.25) is 24.6 Å². The van der Waals surface area contributed by atoms with Crippen LogP contribution in [-0.4, -0.2) is 59.2 Å². The summed E-state index contributed by atoms with van der Waals surface area (Å²) in [7, 11) is 0. The van der Waals surface area contributed by atoms with Crippen LogP contribution >= 0.6 is 0 Å². The number of hydrogen-bond acceptors (Lipinski definition) is 5. The summed E-state index contributed by atoms with van der Waals surface area (Å²) in [6.45, 7) is 8.86. The predicted molar refractivity (Wildman–Crippen MR) is 104 cm³/mol. The van der Waals surface area contributed by atoms with Crippen molar-refractivity contribution >= 4 is 17.7 Å². The summed E-state index contributed by atoms with van der Waals surface area (Å²) in [4.78, 5) is 40.4. The van der Waals surface area contributed by atoms with Crippen molar-refractivity contribution in [2.45, 2.75) is 51.9 Å². The van der Waals surface area contributed by atoms with Gasteiger partial charge in [0.15, 0.2) is 0 Å². The van der Waals surface area contributed by atoms with E-state index in [0.29, 0.717) is 30.5 Å². The van der Waals surface area contributed by atoms with Crippen molar-refractivity contribution in [1.29, 1.82) is 0 Å². The number of carbonyl (C=O) groups is 3. The molecule has 0 spiro atoms. The van der Waals surface area contributed by atoms with Crippen molar-refractivity contribution in [3.05, 3.63) is 34.9 Å². The lowest BCUT2D eigenvalue weighted by Gasteiger charge is -2.29. The van der Waals surface area contributed by atoms with Crippen LogP contribution in [0.3, 0.4) is 0 Å². The predicted octanol–water partition coefficient (Wildman–Crippen LogP) is 0.877. The lowest BCUT2D eigenvalue weighted by atomic mass is 10.0. The third kappa shape index (κ3) is 3.82. The van der Waals surface area contributed by atoms with Gasteiger partial charge in [0.05, 0.1) is 0 Å². The van der Waals surface area contributed by atoms with Gasteiger partial charge in [-0.15, -0.1) is 0 Å². The monoisotopic (exact) mass is 384 g/mol. The minimum atomic E-state index is -0.556. The first-order valence-corrected chi connectivity index (χ1v) is 10.1. The van der Waals surface area contributed by atoms with E-state index in [1.165, 1.54) is 5.56 Å². The average Bonchev–Trinajstić information content (AvgIpc) is 2.86. The zero-order chi connectivity index (χ0) is 19.8. The summed E-state index contributed by atoms with van der Waals surface area (Å²) in [6, 6.07) is 5.93. The molecular formula is C21H28N4O3. The van der Waals surface area contributed by atoms with E-state index >= 15 is 0 Å². The fraction of sp³-hybridized carbons (Fsp3) is 0.571. The molecule has 2 N–H and O–H groups in total. The maximum Gasteiger partial charge on any atom is 0.255 e. The number of nitrogens with one attached hydrogen (secondary N) is 2. The van der Waals surface area contributed by atoms with Gasteiger partial charge in [0.25, 0.3) is 5.91 Å². The zero-order valence-electron chi connectivity index (χ0n) is 16.5. The van der Waals surface area contributed by atoms with Crippen LogP contribution in [0, 0.1) is 5.92 Å². The third-order valence-corrected chi connectivity index (χ3v) is 5.91. The molecule has 28 heavy (non-hydrogen) atoms. The average molecular weight is 384 g/mol. The van der Waals surface area contributed by atoms with Crippen LogP contribution in [0.2, 0.25) is 0 Å². The summed E-state index contributed by atoms with van der Waals surface area (Å²) in [5.74, 6) is -0.137. The molecule has 0 radical (unpaired) electrons. The van der Waals surface area contributed by atoms with Crippen molar-refractivity contribution in [3.63, 3.8) is 0 Å². The lowest BCUT2D eigenvalue weighted by Crippen LogP contribution is -2.52. The SMILES string of the molecule is CC1CNC(C)CN(Cc2ccc3c(c2)CN(C2CCC(=O)NC2=O)C3=O)C1. The summed E-state index contributed by atoms with van der Waals surface area (Å²) >= 11 is 0. The summed E-state index contributed by atoms with van der Waals surface area (Å²) in [6.07, 6.45) is 0.676. The fourth-order valence-corrected chi connectivity index (χ4v) is 4.55. The second-order valence-electron chi connectivity index (χ2n) is 8.50. The molecule has 3 atom stereocenters. The van der Waals surface area contributed by atoms with E-state index in [0.717, 1.165) is 31.7 Å². The maximum absolute atomic E-state index is 12.8. The minimum absolute atomic E-state index is 0.114. The van der Waals surface area contributed by atoms with Gasteiger partial charge < -0.3 is 10.2 Å². The Kier molecular flexibility index (Phi) is 5.21. The van der Waals surface area contributed by atoms with Crippen LogP contribution in [0.15, 0.2) is 18.2 Å². The second kappa shape index (κ2) is 7.64. The normalized spacial score (nSPS) is 28.9. The Morgan fingerprint density at radius 3 is 2.75 bits per heavy atom. The van der Waals surface area contributed by atoms with Crippen LogP contribution < -0.4 is 10.6 Å². The number of amides is 3. The Hall–Kier alpha value is -2.25. The Morgan fingerprint density at radius 1 is 1.14 bits per heavy atom. The van der Waals surface area contributed by atoms with Crippen molar-refractivity contribution in [1.82, 2.24) is 20.4 Å². The first-order valence-electron chi connectivity index (χ1n) is 10.1. The molecule has 150 valence electrons. The van der Waals surface area contributed by atoms with Crippen molar-refractivity contribution in [2.75, 3.05) is 19.6 Å². The van der Waals surface area contributed by atoms with Crippen molar-refractivity contribution in [3.8, 4) is 0 Å². The molecule has 3 aliphatic heterocycles. The smallest absolute Gasteiger partial charge is 0.255 e. The molecule has 0 aromatic heterocycles. The van der Waals surface area contributed by atoms with E-state index in [9.17, 15) is 14.4 Å². The molecule has 0 saturated carbocycles. The first-order chi connectivity index (χ1) is 13.4. The summed E-state index contributed by atoms with van der Waals surface area (Å²) < 4.78 is 0. The van der Waals surface area contributed by atoms with Gasteiger partial charge in [-0.2, -0.15) is 0 Å². The molecular weight excluding hydrogens is 356 g/mol. The van der Waals surface area contributed by atoms with Gasteiger partial charge in [0.1, 0.15) is 6.04 Å². The zero-order valence-corrected chi connectivity index (χ0v) is 16.5. The highest BCUT2D eigenvalue weighted by molar-refractivity contribution is 6.05. The van der Waals surface area contributed by atoms with Crippen molar-refractivity contribution in [2.24, 2.45) is 5.92 Å². The quantitative estimate of drug-likeness (QED) is 0.756. The van der Waals surface area contributed by atoms with Crippen LogP contribution in [0.5, 0.6) is 0 Å². The Balaban J connectivity index is 1.48. The van der Waals surface area contributed by atoms with E-state index in [4.69, 9.17) is 0 Å². The molecule has 4 rings (SSSR count). The largest absolute Gasteiger partial charge is 0.322 e. The summed E-state index contributed by atoms with van der Waals surface area (Å²) in [5, 5.41) is 5.90. The first kappa shape index (κ1) is 19.1. The molecule has 0 aliphatic carbocycles. The molecule has 0 bridgehead atoms. The Labute approximate surface area is 165 Å². The number of benzene rings is 1. The standard InChI is InChI=1S/C21H28N4O3/c1-13-8-22-14(2)10-24(9-13)11-15-3-4-17-16(7-15)12-25(21(17)28)18-5-6-19(26)23-20(18)27/h3-4,7,13-14,18,22H,5-6,8-12H2,1-2H3,(H,23,26,27). The number of hydrogen-bond donors (Lipinski definition) is 2. The maximum atomic E-state index is 12.8. The van der Waals surface area contributed by atoms with E-state index < -0.39 is 6.04 Å². The number of fused-ring (bicyclic) bond motifs is 1. The van der Waals surface area contributed by atoms with E-state index in [-0.39, 0.29) is 24.1 Å². The second-order valence-corrected chi connectivity index (χ2v) is 8.50. The van der Waals surface area contributed by atoms with Gasteiger partial charge in [0, 0.05) is 44.2 Å². The molecule has 2 fully saturated rings. The highest BCUT2D eigenvalue weighted by Gasteiger charge is 2.39. The van der Waals surface area contributed by atoms with E-state index in [1.807, 2.05) is 12.1 Å². The van der Waals surface area contributed by atoms with Gasteiger partial charge in [-0.25, -0.2) is 0 Å². The number of imide groups is 1. The topological polar surface area (TPSA) is 81.8 Å². The molecule has 3 aliphatic rings. The lowest BCUT2D eigenvalue weighted by molar-refractivity contribution is -0.136.